The maximum Gasteiger partial charge on any atom is 0.290 e. The summed E-state index contributed by atoms with van der Waals surface area (Å²) in [4.78, 5) is 28.0. The molecule has 6 nitrogen and oxygen atoms in total. The van der Waals surface area contributed by atoms with Crippen LogP contribution in [0, 0.1) is 0 Å². The summed E-state index contributed by atoms with van der Waals surface area (Å²) in [5.41, 5.74) is 1.19. The third kappa shape index (κ3) is 3.74. The van der Waals surface area contributed by atoms with E-state index < -0.39 is 23.5 Å². The molecule has 0 radical (unpaired) electrons. The summed E-state index contributed by atoms with van der Waals surface area (Å²) in [5, 5.41) is 11.5. The summed E-state index contributed by atoms with van der Waals surface area (Å²) >= 11 is 3.41. The van der Waals surface area contributed by atoms with Crippen molar-refractivity contribution >= 4 is 38.6 Å². The minimum absolute atomic E-state index is 0.00345. The SMILES string of the molecule is CCCCN1C(=O)C(O)=C(C(=O)c2cc3cc(Br)ccc3o2)C1c1ccccc1OC. The number of Topliss-reactive ketones (excluding diaryl/α,β-unsaturated/α-hetero) is 1. The highest BCUT2D eigenvalue weighted by Crippen LogP contribution is 2.42. The van der Waals surface area contributed by atoms with Gasteiger partial charge in [-0.05, 0) is 36.8 Å². The zero-order valence-corrected chi connectivity index (χ0v) is 18.8. The van der Waals surface area contributed by atoms with Gasteiger partial charge in [0.1, 0.15) is 11.3 Å². The fraction of sp³-hybridized carbons (Fsp3) is 0.250. The molecule has 1 unspecified atom stereocenters. The van der Waals surface area contributed by atoms with Gasteiger partial charge in [-0.3, -0.25) is 9.59 Å². The number of aliphatic hydroxyl groups excluding tert-OH is 1. The smallest absolute Gasteiger partial charge is 0.290 e. The third-order valence-corrected chi connectivity index (χ3v) is 5.93. The fourth-order valence-electron chi connectivity index (χ4n) is 3.92. The Morgan fingerprint density at radius 1 is 1.23 bits per heavy atom. The Hall–Kier alpha value is -3.06. The first kappa shape index (κ1) is 21.2. The number of ether oxygens (including phenoxy) is 1. The zero-order chi connectivity index (χ0) is 22.1. The van der Waals surface area contributed by atoms with Gasteiger partial charge in [0.2, 0.25) is 5.78 Å². The molecule has 1 aliphatic heterocycles. The number of amides is 1. The van der Waals surface area contributed by atoms with Gasteiger partial charge in [0.05, 0.1) is 18.7 Å². The lowest BCUT2D eigenvalue weighted by atomic mass is 9.94. The molecule has 0 aliphatic carbocycles. The molecule has 0 bridgehead atoms. The number of para-hydroxylation sites is 1. The molecule has 2 aromatic carbocycles. The highest BCUT2D eigenvalue weighted by atomic mass is 79.9. The van der Waals surface area contributed by atoms with E-state index in [9.17, 15) is 14.7 Å². The maximum absolute atomic E-state index is 13.5. The first-order chi connectivity index (χ1) is 15.0. The average molecular weight is 484 g/mol. The van der Waals surface area contributed by atoms with Gasteiger partial charge >= 0.3 is 0 Å². The van der Waals surface area contributed by atoms with Crippen LogP contribution in [0.25, 0.3) is 11.0 Å². The fourth-order valence-corrected chi connectivity index (χ4v) is 4.30. The van der Waals surface area contributed by atoms with Crippen LogP contribution < -0.4 is 4.74 Å². The van der Waals surface area contributed by atoms with Crippen LogP contribution in [0.5, 0.6) is 5.75 Å². The molecule has 0 saturated heterocycles. The monoisotopic (exact) mass is 483 g/mol. The van der Waals surface area contributed by atoms with Gasteiger partial charge < -0.3 is 19.2 Å². The van der Waals surface area contributed by atoms with Crippen LogP contribution in [0.3, 0.4) is 0 Å². The van der Waals surface area contributed by atoms with Crippen LogP contribution in [0.2, 0.25) is 0 Å². The normalized spacial score (nSPS) is 16.4. The maximum atomic E-state index is 13.5. The topological polar surface area (TPSA) is 80.0 Å². The number of rotatable bonds is 7. The average Bonchev–Trinajstić information content (AvgIpc) is 3.30. The summed E-state index contributed by atoms with van der Waals surface area (Å²) in [7, 11) is 1.54. The number of halogens is 1. The Balaban J connectivity index is 1.83. The van der Waals surface area contributed by atoms with Crippen LogP contribution in [0.4, 0.5) is 0 Å². The Bertz CT molecular complexity index is 1200. The molecule has 2 heterocycles. The molecule has 0 fully saturated rings. The summed E-state index contributed by atoms with van der Waals surface area (Å²) < 4.78 is 12.1. The zero-order valence-electron chi connectivity index (χ0n) is 17.2. The molecule has 7 heteroatoms. The number of furan rings is 1. The molecule has 160 valence electrons. The minimum Gasteiger partial charge on any atom is -0.503 e. The minimum atomic E-state index is -0.761. The Morgan fingerprint density at radius 3 is 2.74 bits per heavy atom. The van der Waals surface area contributed by atoms with Gasteiger partial charge in [-0.15, -0.1) is 0 Å². The number of carbonyl (C=O) groups is 2. The van der Waals surface area contributed by atoms with Crippen LogP contribution >= 0.6 is 15.9 Å². The van der Waals surface area contributed by atoms with Crippen molar-refractivity contribution in [1.29, 1.82) is 0 Å². The van der Waals surface area contributed by atoms with Crippen molar-refractivity contribution in [2.24, 2.45) is 0 Å². The molecule has 1 amide bonds. The lowest BCUT2D eigenvalue weighted by Gasteiger charge is -2.27. The number of fused-ring (bicyclic) bond motifs is 1. The lowest BCUT2D eigenvalue weighted by Crippen LogP contribution is -2.32. The first-order valence-electron chi connectivity index (χ1n) is 10.1. The number of aliphatic hydroxyl groups is 1. The van der Waals surface area contributed by atoms with Crippen molar-refractivity contribution in [3.8, 4) is 5.75 Å². The predicted octanol–water partition coefficient (Wildman–Crippen LogP) is 5.58. The van der Waals surface area contributed by atoms with Crippen molar-refractivity contribution < 1.29 is 23.8 Å². The Kier molecular flexibility index (Phi) is 5.87. The Morgan fingerprint density at radius 2 is 2.00 bits per heavy atom. The summed E-state index contributed by atoms with van der Waals surface area (Å²) in [6.07, 6.45) is 1.61. The highest BCUT2D eigenvalue weighted by molar-refractivity contribution is 9.10. The number of nitrogens with zero attached hydrogens (tertiary/aromatic N) is 1. The second-order valence-corrected chi connectivity index (χ2v) is 8.30. The van der Waals surface area contributed by atoms with Crippen molar-refractivity contribution in [3.63, 3.8) is 0 Å². The van der Waals surface area contributed by atoms with E-state index in [1.165, 1.54) is 12.0 Å². The van der Waals surface area contributed by atoms with Crippen molar-refractivity contribution in [1.82, 2.24) is 4.90 Å². The van der Waals surface area contributed by atoms with E-state index in [0.717, 1.165) is 22.7 Å². The van der Waals surface area contributed by atoms with Gasteiger partial charge in [0.25, 0.3) is 5.91 Å². The van der Waals surface area contributed by atoms with Gasteiger partial charge in [0.15, 0.2) is 11.5 Å². The quantitative estimate of drug-likeness (QED) is 0.443. The van der Waals surface area contributed by atoms with Crippen molar-refractivity contribution in [2.75, 3.05) is 13.7 Å². The molecule has 1 aromatic heterocycles. The number of carbonyl (C=O) groups excluding carboxylic acids is 2. The van der Waals surface area contributed by atoms with Crippen LogP contribution in [0.1, 0.15) is 41.9 Å². The number of hydrogen-bond donors (Lipinski definition) is 1. The molecule has 3 aromatic rings. The number of methoxy groups -OCH3 is 1. The van der Waals surface area contributed by atoms with E-state index >= 15 is 0 Å². The third-order valence-electron chi connectivity index (χ3n) is 5.44. The van der Waals surface area contributed by atoms with Crippen LogP contribution in [-0.2, 0) is 4.79 Å². The summed E-state index contributed by atoms with van der Waals surface area (Å²) in [6, 6.07) is 13.5. The van der Waals surface area contributed by atoms with Crippen LogP contribution in [-0.4, -0.2) is 35.4 Å². The molecule has 1 atom stereocenters. The highest BCUT2D eigenvalue weighted by Gasteiger charge is 2.45. The molecule has 1 N–H and O–H groups in total. The number of hydrogen-bond acceptors (Lipinski definition) is 5. The number of ketones is 1. The number of unbranched alkanes of at least 4 members (excludes halogenated alkanes) is 1. The Labute approximate surface area is 188 Å². The van der Waals surface area contributed by atoms with E-state index in [2.05, 4.69) is 15.9 Å². The largest absolute Gasteiger partial charge is 0.503 e. The van der Waals surface area contributed by atoms with Gasteiger partial charge in [-0.25, -0.2) is 0 Å². The van der Waals surface area contributed by atoms with Gasteiger partial charge in [0, 0.05) is 22.0 Å². The van der Waals surface area contributed by atoms with E-state index in [1.54, 1.807) is 24.3 Å². The second-order valence-electron chi connectivity index (χ2n) is 7.38. The number of benzene rings is 2. The molecular formula is C24H22BrNO5. The summed E-state index contributed by atoms with van der Waals surface area (Å²) in [5.74, 6) is -1.02. The lowest BCUT2D eigenvalue weighted by molar-refractivity contribution is -0.129. The second kappa shape index (κ2) is 8.59. The summed E-state index contributed by atoms with van der Waals surface area (Å²) in [6.45, 7) is 2.43. The first-order valence-corrected chi connectivity index (χ1v) is 10.9. The van der Waals surface area contributed by atoms with Gasteiger partial charge in [-0.1, -0.05) is 47.5 Å². The predicted molar refractivity (Wildman–Crippen MR) is 120 cm³/mol. The van der Waals surface area contributed by atoms with E-state index in [1.807, 2.05) is 31.2 Å². The van der Waals surface area contributed by atoms with Gasteiger partial charge in [-0.2, -0.15) is 0 Å². The molecule has 31 heavy (non-hydrogen) atoms. The van der Waals surface area contributed by atoms with Crippen molar-refractivity contribution in [2.45, 2.75) is 25.8 Å². The van der Waals surface area contributed by atoms with Crippen molar-refractivity contribution in [3.05, 3.63) is 75.7 Å². The molecular weight excluding hydrogens is 462 g/mol. The molecule has 4 rings (SSSR count). The van der Waals surface area contributed by atoms with E-state index in [-0.39, 0.29) is 11.3 Å². The molecule has 0 saturated carbocycles. The molecule has 1 aliphatic rings. The van der Waals surface area contributed by atoms with E-state index in [0.29, 0.717) is 23.4 Å². The van der Waals surface area contributed by atoms with Crippen LogP contribution in [0.15, 0.2) is 68.8 Å². The molecule has 0 spiro atoms. The standard InChI is InChI=1S/C24H22BrNO5/c1-3-4-11-26-21(16-7-5-6-8-18(16)30-2)20(23(28)24(26)29)22(27)19-13-14-12-15(25)9-10-17(14)31-19/h5-10,12-13,21,28H,3-4,11H2,1-2H3. The van der Waals surface area contributed by atoms with E-state index in [4.69, 9.17) is 9.15 Å².